The molecule has 0 aliphatic rings. The van der Waals surface area contributed by atoms with Gasteiger partial charge in [-0.25, -0.2) is 8.42 Å². The van der Waals surface area contributed by atoms with Crippen molar-refractivity contribution < 1.29 is 8.42 Å². The van der Waals surface area contributed by atoms with Crippen molar-refractivity contribution in [2.24, 2.45) is 0 Å². The van der Waals surface area contributed by atoms with Gasteiger partial charge in [-0.3, -0.25) is 0 Å². The molecule has 2 rings (SSSR count). The number of halogens is 1. The molecule has 0 saturated carbocycles. The van der Waals surface area contributed by atoms with Crippen molar-refractivity contribution in [3.05, 3.63) is 42.0 Å². The zero-order valence-electron chi connectivity index (χ0n) is 10.1. The van der Waals surface area contributed by atoms with Gasteiger partial charge in [0, 0.05) is 16.7 Å². The van der Waals surface area contributed by atoms with Crippen LogP contribution in [0.2, 0.25) is 0 Å². The summed E-state index contributed by atoms with van der Waals surface area (Å²) in [7, 11) is -3.37. The SMILES string of the molecule is N#Cc1ccc(S(=O)(=O)CCCCl)c2ccccc12. The first-order valence-electron chi connectivity index (χ1n) is 5.81. The minimum Gasteiger partial charge on any atom is -0.224 e. The van der Waals surface area contributed by atoms with Gasteiger partial charge in [0.25, 0.3) is 0 Å². The van der Waals surface area contributed by atoms with Crippen LogP contribution in [-0.4, -0.2) is 20.1 Å². The molecule has 5 heteroatoms. The number of fused-ring (bicyclic) bond motifs is 1. The Bertz CT molecular complexity index is 748. The quantitative estimate of drug-likeness (QED) is 0.814. The van der Waals surface area contributed by atoms with Crippen LogP contribution in [-0.2, 0) is 9.84 Å². The van der Waals surface area contributed by atoms with E-state index in [1.54, 1.807) is 30.3 Å². The largest absolute Gasteiger partial charge is 0.224 e. The van der Waals surface area contributed by atoms with Gasteiger partial charge in [0.05, 0.1) is 22.3 Å². The van der Waals surface area contributed by atoms with E-state index >= 15 is 0 Å². The van der Waals surface area contributed by atoms with Gasteiger partial charge in [-0.2, -0.15) is 5.26 Å². The second kappa shape index (κ2) is 5.60. The molecule has 0 aliphatic heterocycles. The summed E-state index contributed by atoms with van der Waals surface area (Å²) in [4.78, 5) is 0.271. The van der Waals surface area contributed by atoms with Gasteiger partial charge in [0.15, 0.2) is 9.84 Å². The lowest BCUT2D eigenvalue weighted by Crippen LogP contribution is -2.08. The Morgan fingerprint density at radius 1 is 1.11 bits per heavy atom. The van der Waals surface area contributed by atoms with E-state index < -0.39 is 9.84 Å². The molecule has 2 aromatic rings. The Morgan fingerprint density at radius 3 is 2.42 bits per heavy atom. The Kier molecular flexibility index (Phi) is 4.08. The number of hydrogen-bond acceptors (Lipinski definition) is 3. The van der Waals surface area contributed by atoms with Crippen LogP contribution in [0.15, 0.2) is 41.3 Å². The predicted octanol–water partition coefficient (Wildman–Crippen LogP) is 3.11. The summed E-state index contributed by atoms with van der Waals surface area (Å²) in [5.41, 5.74) is 0.479. The highest BCUT2D eigenvalue weighted by atomic mass is 35.5. The first kappa shape index (κ1) is 13.9. The van der Waals surface area contributed by atoms with Crippen molar-refractivity contribution in [1.29, 1.82) is 5.26 Å². The summed E-state index contributed by atoms with van der Waals surface area (Å²) < 4.78 is 24.5. The normalized spacial score (nSPS) is 11.4. The smallest absolute Gasteiger partial charge is 0.179 e. The average Bonchev–Trinajstić information content (AvgIpc) is 2.43. The lowest BCUT2D eigenvalue weighted by atomic mass is 10.1. The number of nitrogens with zero attached hydrogens (tertiary/aromatic N) is 1. The number of hydrogen-bond donors (Lipinski definition) is 0. The van der Waals surface area contributed by atoms with E-state index in [4.69, 9.17) is 16.9 Å². The summed E-state index contributed by atoms with van der Waals surface area (Å²) in [5, 5.41) is 10.3. The molecule has 0 aliphatic carbocycles. The average molecular weight is 294 g/mol. The highest BCUT2D eigenvalue weighted by Gasteiger charge is 2.18. The van der Waals surface area contributed by atoms with Crippen molar-refractivity contribution in [1.82, 2.24) is 0 Å². The number of alkyl halides is 1. The van der Waals surface area contributed by atoms with Crippen molar-refractivity contribution >= 4 is 32.2 Å². The van der Waals surface area contributed by atoms with Gasteiger partial charge in [0.2, 0.25) is 0 Å². The van der Waals surface area contributed by atoms with Crippen LogP contribution in [0.1, 0.15) is 12.0 Å². The van der Waals surface area contributed by atoms with Crippen LogP contribution in [0.3, 0.4) is 0 Å². The molecule has 98 valence electrons. The molecule has 0 saturated heterocycles. The third-order valence-electron chi connectivity index (χ3n) is 2.89. The monoisotopic (exact) mass is 293 g/mol. The molecule has 0 atom stereocenters. The molecule has 0 fully saturated rings. The molecule has 0 heterocycles. The maximum atomic E-state index is 12.3. The number of rotatable bonds is 4. The molecule has 0 bridgehead atoms. The number of sulfone groups is 1. The molecular formula is C14H12ClNO2S. The van der Waals surface area contributed by atoms with Gasteiger partial charge in [-0.05, 0) is 18.6 Å². The van der Waals surface area contributed by atoms with Crippen molar-refractivity contribution in [2.45, 2.75) is 11.3 Å². The Hall–Kier alpha value is -1.57. The van der Waals surface area contributed by atoms with Crippen LogP contribution in [0.5, 0.6) is 0 Å². The minimum absolute atomic E-state index is 0.0202. The standard InChI is InChI=1S/C14H12ClNO2S/c15-8-3-9-19(17,18)14-7-6-11(10-16)12-4-1-2-5-13(12)14/h1-2,4-7H,3,8-9H2. The summed E-state index contributed by atoms with van der Waals surface area (Å²) >= 11 is 5.55. The fourth-order valence-electron chi connectivity index (χ4n) is 1.99. The summed E-state index contributed by atoms with van der Waals surface area (Å²) in [5.74, 6) is 0.333. The van der Waals surface area contributed by atoms with Gasteiger partial charge >= 0.3 is 0 Å². The van der Waals surface area contributed by atoms with E-state index in [2.05, 4.69) is 6.07 Å². The second-order valence-electron chi connectivity index (χ2n) is 4.13. The lowest BCUT2D eigenvalue weighted by Gasteiger charge is -2.08. The van der Waals surface area contributed by atoms with E-state index in [1.807, 2.05) is 0 Å². The molecule has 2 aromatic carbocycles. The van der Waals surface area contributed by atoms with Crippen molar-refractivity contribution in [3.8, 4) is 6.07 Å². The fraction of sp³-hybridized carbons (Fsp3) is 0.214. The summed E-state index contributed by atoms with van der Waals surface area (Å²) in [6, 6.07) is 12.2. The van der Waals surface area contributed by atoms with Gasteiger partial charge < -0.3 is 0 Å². The molecule has 0 radical (unpaired) electrons. The topological polar surface area (TPSA) is 57.9 Å². The maximum absolute atomic E-state index is 12.3. The van der Waals surface area contributed by atoms with Crippen molar-refractivity contribution in [3.63, 3.8) is 0 Å². The molecule has 0 aromatic heterocycles. The molecular weight excluding hydrogens is 282 g/mol. The number of benzene rings is 2. The number of nitriles is 1. The second-order valence-corrected chi connectivity index (χ2v) is 6.59. The third-order valence-corrected chi connectivity index (χ3v) is 5.01. The third kappa shape index (κ3) is 2.73. The summed E-state index contributed by atoms with van der Waals surface area (Å²) in [6.45, 7) is 0. The molecule has 0 unspecified atom stereocenters. The lowest BCUT2D eigenvalue weighted by molar-refractivity contribution is 0.595. The molecule has 0 amide bonds. The highest BCUT2D eigenvalue weighted by molar-refractivity contribution is 7.91. The maximum Gasteiger partial charge on any atom is 0.179 e. The zero-order chi connectivity index (χ0) is 13.9. The summed E-state index contributed by atoms with van der Waals surface area (Å²) in [6.07, 6.45) is 0.415. The van der Waals surface area contributed by atoms with E-state index in [0.717, 1.165) is 0 Å². The van der Waals surface area contributed by atoms with E-state index in [9.17, 15) is 8.42 Å². The van der Waals surface area contributed by atoms with E-state index in [1.165, 1.54) is 6.07 Å². The molecule has 19 heavy (non-hydrogen) atoms. The van der Waals surface area contributed by atoms with Gasteiger partial charge in [-0.15, -0.1) is 11.6 Å². The van der Waals surface area contributed by atoms with Crippen LogP contribution in [0.4, 0.5) is 0 Å². The van der Waals surface area contributed by atoms with E-state index in [-0.39, 0.29) is 10.6 Å². The van der Waals surface area contributed by atoms with Crippen LogP contribution in [0, 0.1) is 11.3 Å². The highest BCUT2D eigenvalue weighted by Crippen LogP contribution is 2.27. The molecule has 3 nitrogen and oxygen atoms in total. The molecule has 0 N–H and O–H groups in total. The van der Waals surface area contributed by atoms with E-state index in [0.29, 0.717) is 28.6 Å². The predicted molar refractivity (Wildman–Crippen MR) is 76.1 cm³/mol. The molecule has 0 spiro atoms. The first-order valence-corrected chi connectivity index (χ1v) is 7.99. The van der Waals surface area contributed by atoms with Crippen LogP contribution in [0.25, 0.3) is 10.8 Å². The van der Waals surface area contributed by atoms with Crippen molar-refractivity contribution in [2.75, 3.05) is 11.6 Å². The van der Waals surface area contributed by atoms with Crippen LogP contribution >= 0.6 is 11.6 Å². The minimum atomic E-state index is -3.37. The van der Waals surface area contributed by atoms with Gasteiger partial charge in [0.1, 0.15) is 0 Å². The first-order chi connectivity index (χ1) is 9.10. The van der Waals surface area contributed by atoms with Gasteiger partial charge in [-0.1, -0.05) is 24.3 Å². The zero-order valence-corrected chi connectivity index (χ0v) is 11.7. The Labute approximate surface area is 117 Å². The Morgan fingerprint density at radius 2 is 1.79 bits per heavy atom. The fourth-order valence-corrected chi connectivity index (χ4v) is 3.82. The van der Waals surface area contributed by atoms with Crippen LogP contribution < -0.4 is 0 Å². The Balaban J connectivity index is 2.67.